The third-order valence-corrected chi connectivity index (χ3v) is 4.18. The first-order chi connectivity index (χ1) is 8.58. The number of hydrogen-bond acceptors (Lipinski definition) is 3. The van der Waals surface area contributed by atoms with E-state index in [0.29, 0.717) is 12.1 Å². The van der Waals surface area contributed by atoms with E-state index in [9.17, 15) is 0 Å². The van der Waals surface area contributed by atoms with Crippen LogP contribution in [0.15, 0.2) is 6.20 Å². The smallest absolute Gasteiger partial charge is 0.0540 e. The van der Waals surface area contributed by atoms with Crippen LogP contribution < -0.4 is 5.32 Å². The number of likely N-dealkylation sites (tertiary alicyclic amines) is 1. The SMILES string of the molecule is Cc1c(C(C)NC2CCCN(C)CC2)cnn1C. The Balaban J connectivity index is 1.94. The molecule has 1 saturated heterocycles. The van der Waals surface area contributed by atoms with Gasteiger partial charge in [0.1, 0.15) is 0 Å². The Bertz CT molecular complexity index is 385. The second-order valence-electron chi connectivity index (χ2n) is 5.63. The van der Waals surface area contributed by atoms with Crippen LogP contribution in [0.5, 0.6) is 0 Å². The zero-order valence-corrected chi connectivity index (χ0v) is 12.1. The monoisotopic (exact) mass is 250 g/mol. The summed E-state index contributed by atoms with van der Waals surface area (Å²) in [5, 5.41) is 8.10. The summed E-state index contributed by atoms with van der Waals surface area (Å²) in [6.07, 6.45) is 5.83. The lowest BCUT2D eigenvalue weighted by atomic mass is 10.0. The molecule has 0 aliphatic carbocycles. The number of hydrogen-bond donors (Lipinski definition) is 1. The number of aromatic nitrogens is 2. The van der Waals surface area contributed by atoms with Gasteiger partial charge in [0.15, 0.2) is 0 Å². The molecule has 1 aromatic heterocycles. The predicted octanol–water partition coefficient (Wildman–Crippen LogP) is 1.86. The fraction of sp³-hybridized carbons (Fsp3) is 0.786. The molecular weight excluding hydrogens is 224 g/mol. The molecule has 2 rings (SSSR count). The van der Waals surface area contributed by atoms with Crippen molar-refractivity contribution in [3.05, 3.63) is 17.5 Å². The van der Waals surface area contributed by atoms with Crippen LogP contribution in [0.3, 0.4) is 0 Å². The quantitative estimate of drug-likeness (QED) is 0.889. The third kappa shape index (κ3) is 3.12. The highest BCUT2D eigenvalue weighted by atomic mass is 15.3. The van der Waals surface area contributed by atoms with Crippen LogP contribution in [0.2, 0.25) is 0 Å². The fourth-order valence-electron chi connectivity index (χ4n) is 2.79. The topological polar surface area (TPSA) is 33.1 Å². The van der Waals surface area contributed by atoms with Gasteiger partial charge in [-0.1, -0.05) is 0 Å². The van der Waals surface area contributed by atoms with Crippen molar-refractivity contribution in [2.75, 3.05) is 20.1 Å². The number of rotatable bonds is 3. The Hall–Kier alpha value is -0.870. The van der Waals surface area contributed by atoms with Gasteiger partial charge < -0.3 is 10.2 Å². The maximum atomic E-state index is 4.33. The molecule has 4 heteroatoms. The summed E-state index contributed by atoms with van der Waals surface area (Å²) >= 11 is 0. The second-order valence-corrected chi connectivity index (χ2v) is 5.63. The first-order valence-corrected chi connectivity index (χ1v) is 7.01. The number of nitrogens with zero attached hydrogens (tertiary/aromatic N) is 3. The number of nitrogens with one attached hydrogen (secondary N) is 1. The maximum Gasteiger partial charge on any atom is 0.0540 e. The average Bonchev–Trinajstić information content (AvgIpc) is 2.54. The van der Waals surface area contributed by atoms with E-state index in [4.69, 9.17) is 0 Å². The summed E-state index contributed by atoms with van der Waals surface area (Å²) in [4.78, 5) is 2.43. The van der Waals surface area contributed by atoms with Gasteiger partial charge in [0, 0.05) is 30.4 Å². The first kappa shape index (κ1) is 13.6. The van der Waals surface area contributed by atoms with Gasteiger partial charge in [0.25, 0.3) is 0 Å². The third-order valence-electron chi connectivity index (χ3n) is 4.18. The predicted molar refractivity (Wildman–Crippen MR) is 74.6 cm³/mol. The highest BCUT2D eigenvalue weighted by Gasteiger charge is 2.19. The van der Waals surface area contributed by atoms with Gasteiger partial charge in [-0.05, 0) is 53.2 Å². The van der Waals surface area contributed by atoms with Crippen molar-refractivity contribution in [3.63, 3.8) is 0 Å². The molecule has 1 fully saturated rings. The van der Waals surface area contributed by atoms with Crippen molar-refractivity contribution in [2.45, 2.75) is 45.2 Å². The summed E-state index contributed by atoms with van der Waals surface area (Å²) in [7, 11) is 4.23. The molecule has 1 N–H and O–H groups in total. The van der Waals surface area contributed by atoms with E-state index in [-0.39, 0.29) is 0 Å². The molecule has 1 aliphatic heterocycles. The second kappa shape index (κ2) is 5.85. The van der Waals surface area contributed by atoms with Gasteiger partial charge in [-0.25, -0.2) is 0 Å². The summed E-state index contributed by atoms with van der Waals surface area (Å²) in [5.41, 5.74) is 2.59. The lowest BCUT2D eigenvalue weighted by Gasteiger charge is -2.22. The molecule has 2 unspecified atom stereocenters. The molecule has 102 valence electrons. The normalized spacial score (nSPS) is 23.9. The minimum atomic E-state index is 0.395. The van der Waals surface area contributed by atoms with E-state index in [0.717, 1.165) is 0 Å². The molecule has 0 bridgehead atoms. The van der Waals surface area contributed by atoms with Crippen molar-refractivity contribution in [1.29, 1.82) is 0 Å². The highest BCUT2D eigenvalue weighted by Crippen LogP contribution is 2.19. The molecule has 0 saturated carbocycles. The molecule has 0 amide bonds. The Morgan fingerprint density at radius 3 is 2.78 bits per heavy atom. The largest absolute Gasteiger partial charge is 0.307 e. The summed E-state index contributed by atoms with van der Waals surface area (Å²) in [5.74, 6) is 0. The van der Waals surface area contributed by atoms with E-state index in [1.807, 2.05) is 17.9 Å². The summed E-state index contributed by atoms with van der Waals surface area (Å²) in [6.45, 7) is 6.83. The lowest BCUT2D eigenvalue weighted by Crippen LogP contribution is -2.32. The Labute approximate surface area is 110 Å². The van der Waals surface area contributed by atoms with Crippen LogP contribution in [-0.2, 0) is 7.05 Å². The van der Waals surface area contributed by atoms with E-state index >= 15 is 0 Å². The minimum absolute atomic E-state index is 0.395. The van der Waals surface area contributed by atoms with Gasteiger partial charge in [0.05, 0.1) is 6.20 Å². The summed E-state index contributed by atoms with van der Waals surface area (Å²) in [6, 6.07) is 1.04. The molecule has 1 aromatic rings. The minimum Gasteiger partial charge on any atom is -0.307 e. The molecule has 18 heavy (non-hydrogen) atoms. The van der Waals surface area contributed by atoms with Crippen molar-refractivity contribution < 1.29 is 0 Å². The van der Waals surface area contributed by atoms with Crippen molar-refractivity contribution in [3.8, 4) is 0 Å². The zero-order valence-electron chi connectivity index (χ0n) is 12.1. The lowest BCUT2D eigenvalue weighted by molar-refractivity contribution is 0.340. The number of aryl methyl sites for hydroxylation is 1. The van der Waals surface area contributed by atoms with Crippen molar-refractivity contribution in [2.24, 2.45) is 7.05 Å². The van der Waals surface area contributed by atoms with Crippen molar-refractivity contribution in [1.82, 2.24) is 20.0 Å². The van der Waals surface area contributed by atoms with Gasteiger partial charge in [0.2, 0.25) is 0 Å². The highest BCUT2D eigenvalue weighted by molar-refractivity contribution is 5.19. The van der Waals surface area contributed by atoms with Gasteiger partial charge in [-0.3, -0.25) is 4.68 Å². The maximum absolute atomic E-state index is 4.33. The first-order valence-electron chi connectivity index (χ1n) is 7.01. The zero-order chi connectivity index (χ0) is 13.1. The van der Waals surface area contributed by atoms with Crippen LogP contribution in [0.25, 0.3) is 0 Å². The molecule has 4 nitrogen and oxygen atoms in total. The van der Waals surface area contributed by atoms with Crippen molar-refractivity contribution >= 4 is 0 Å². The van der Waals surface area contributed by atoms with E-state index in [1.54, 1.807) is 0 Å². The van der Waals surface area contributed by atoms with Crippen LogP contribution >= 0.6 is 0 Å². The Kier molecular flexibility index (Phi) is 4.40. The van der Waals surface area contributed by atoms with E-state index in [2.05, 4.69) is 36.2 Å². The molecule has 2 atom stereocenters. The van der Waals surface area contributed by atoms with Crippen LogP contribution in [0.4, 0.5) is 0 Å². The molecule has 0 aromatic carbocycles. The Morgan fingerprint density at radius 2 is 2.11 bits per heavy atom. The standard InChI is InChI=1S/C14H26N4/c1-11(14-10-15-18(4)12(14)2)16-13-6-5-8-17(3)9-7-13/h10-11,13,16H,5-9H2,1-4H3. The van der Waals surface area contributed by atoms with Gasteiger partial charge >= 0.3 is 0 Å². The van der Waals surface area contributed by atoms with Gasteiger partial charge in [-0.15, -0.1) is 0 Å². The van der Waals surface area contributed by atoms with Crippen LogP contribution in [0, 0.1) is 6.92 Å². The van der Waals surface area contributed by atoms with Crippen LogP contribution in [-0.4, -0.2) is 40.9 Å². The van der Waals surface area contributed by atoms with Gasteiger partial charge in [-0.2, -0.15) is 5.10 Å². The fourth-order valence-corrected chi connectivity index (χ4v) is 2.79. The molecular formula is C14H26N4. The van der Waals surface area contributed by atoms with E-state index < -0.39 is 0 Å². The Morgan fingerprint density at radius 1 is 1.33 bits per heavy atom. The summed E-state index contributed by atoms with van der Waals surface area (Å²) < 4.78 is 1.95. The molecule has 2 heterocycles. The van der Waals surface area contributed by atoms with E-state index in [1.165, 1.54) is 43.6 Å². The molecule has 1 aliphatic rings. The molecule has 0 radical (unpaired) electrons. The van der Waals surface area contributed by atoms with Crippen LogP contribution in [0.1, 0.15) is 43.5 Å². The molecule has 0 spiro atoms. The average molecular weight is 250 g/mol.